The van der Waals surface area contributed by atoms with Gasteiger partial charge < -0.3 is 24.2 Å². The van der Waals surface area contributed by atoms with Gasteiger partial charge in [-0.05, 0) is 56.0 Å². The predicted octanol–water partition coefficient (Wildman–Crippen LogP) is 4.40. The summed E-state index contributed by atoms with van der Waals surface area (Å²) in [6.45, 7) is 3.31. The zero-order chi connectivity index (χ0) is 22.3. The number of hydrogen-bond donors (Lipinski definition) is 1. The third-order valence-electron chi connectivity index (χ3n) is 5.53. The molecule has 1 atom stereocenters. The van der Waals surface area contributed by atoms with E-state index in [2.05, 4.69) is 15.5 Å². The largest absolute Gasteiger partial charge is 0.497 e. The first-order valence-electron chi connectivity index (χ1n) is 10.8. The van der Waals surface area contributed by atoms with E-state index in [9.17, 15) is 4.79 Å². The number of aryl methyl sites for hydroxylation is 1. The molecule has 0 aliphatic carbocycles. The average Bonchev–Trinajstić information content (AvgIpc) is 3.31. The zero-order valence-electron chi connectivity index (χ0n) is 18.4. The van der Waals surface area contributed by atoms with Crippen LogP contribution in [-0.4, -0.2) is 34.7 Å². The summed E-state index contributed by atoms with van der Waals surface area (Å²) in [5.74, 6) is 2.44. The number of piperidine rings is 1. The number of urea groups is 1. The van der Waals surface area contributed by atoms with Crippen molar-refractivity contribution < 1.29 is 18.8 Å². The lowest BCUT2D eigenvalue weighted by atomic mass is 10.0. The fourth-order valence-electron chi connectivity index (χ4n) is 3.71. The van der Waals surface area contributed by atoms with Gasteiger partial charge in [0.15, 0.2) is 12.4 Å². The minimum absolute atomic E-state index is 0.132. The molecule has 0 radical (unpaired) electrons. The van der Waals surface area contributed by atoms with Crippen LogP contribution in [0, 0.1) is 6.92 Å². The van der Waals surface area contributed by atoms with Crippen molar-refractivity contribution in [2.45, 2.75) is 45.4 Å². The van der Waals surface area contributed by atoms with Crippen molar-refractivity contribution >= 4 is 6.03 Å². The Morgan fingerprint density at radius 2 is 1.88 bits per heavy atom. The molecule has 2 heterocycles. The van der Waals surface area contributed by atoms with Gasteiger partial charge in [0.05, 0.1) is 13.2 Å². The van der Waals surface area contributed by atoms with Crippen molar-refractivity contribution in [2.24, 2.45) is 0 Å². The molecule has 2 amide bonds. The molecule has 1 N–H and O–H groups in total. The first-order valence-corrected chi connectivity index (χ1v) is 10.8. The standard InChI is InChI=1S/C24H28N4O4/c1-17-6-10-20(11-7-17)31-16-22-26-23(27-32-22)21-5-3-4-14-28(21)24(29)25-15-18-8-12-19(30-2)13-9-18/h6-13,21H,3-5,14-16H2,1-2H3,(H,25,29). The molecule has 2 aromatic carbocycles. The van der Waals surface area contributed by atoms with Crippen molar-refractivity contribution in [1.82, 2.24) is 20.4 Å². The first kappa shape index (κ1) is 21.7. The van der Waals surface area contributed by atoms with Gasteiger partial charge in [0, 0.05) is 13.1 Å². The summed E-state index contributed by atoms with van der Waals surface area (Å²) in [6, 6.07) is 15.1. The van der Waals surface area contributed by atoms with Gasteiger partial charge in [-0.15, -0.1) is 0 Å². The number of rotatable bonds is 7. The monoisotopic (exact) mass is 436 g/mol. The number of aromatic nitrogens is 2. The van der Waals surface area contributed by atoms with Gasteiger partial charge in [0.2, 0.25) is 0 Å². The lowest BCUT2D eigenvalue weighted by Gasteiger charge is -2.33. The number of carbonyl (C=O) groups excluding carboxylic acids is 1. The molecule has 1 unspecified atom stereocenters. The molecule has 4 rings (SSSR count). The van der Waals surface area contributed by atoms with Crippen molar-refractivity contribution in [2.75, 3.05) is 13.7 Å². The van der Waals surface area contributed by atoms with Crippen LogP contribution < -0.4 is 14.8 Å². The van der Waals surface area contributed by atoms with Crippen molar-refractivity contribution in [3.05, 3.63) is 71.4 Å². The van der Waals surface area contributed by atoms with Crippen LogP contribution in [0.3, 0.4) is 0 Å². The maximum absolute atomic E-state index is 12.9. The Hall–Kier alpha value is -3.55. The lowest BCUT2D eigenvalue weighted by Crippen LogP contribution is -2.44. The van der Waals surface area contributed by atoms with E-state index in [1.165, 1.54) is 5.56 Å². The molecule has 1 fully saturated rings. The summed E-state index contributed by atoms with van der Waals surface area (Å²) < 4.78 is 16.3. The van der Waals surface area contributed by atoms with Crippen LogP contribution in [0.5, 0.6) is 11.5 Å². The number of nitrogens with one attached hydrogen (secondary N) is 1. The van der Waals surface area contributed by atoms with Gasteiger partial charge in [0.25, 0.3) is 5.89 Å². The Labute approximate surface area is 187 Å². The topological polar surface area (TPSA) is 89.7 Å². The number of carbonyl (C=O) groups is 1. The van der Waals surface area contributed by atoms with Crippen LogP contribution in [0.4, 0.5) is 4.79 Å². The first-order chi connectivity index (χ1) is 15.6. The van der Waals surface area contributed by atoms with E-state index in [4.69, 9.17) is 14.0 Å². The number of amides is 2. The van der Waals surface area contributed by atoms with E-state index >= 15 is 0 Å². The minimum Gasteiger partial charge on any atom is -0.497 e. The van der Waals surface area contributed by atoms with Crippen LogP contribution in [-0.2, 0) is 13.2 Å². The molecule has 0 saturated carbocycles. The molecule has 168 valence electrons. The normalized spacial score (nSPS) is 15.9. The smallest absolute Gasteiger partial charge is 0.318 e. The highest BCUT2D eigenvalue weighted by atomic mass is 16.5. The maximum atomic E-state index is 12.9. The second-order valence-corrected chi connectivity index (χ2v) is 7.86. The minimum atomic E-state index is -0.212. The van der Waals surface area contributed by atoms with Gasteiger partial charge in [-0.2, -0.15) is 4.98 Å². The van der Waals surface area contributed by atoms with Crippen LogP contribution in [0.25, 0.3) is 0 Å². The summed E-state index contributed by atoms with van der Waals surface area (Å²) in [7, 11) is 1.63. The van der Waals surface area contributed by atoms with Crippen molar-refractivity contribution in [3.8, 4) is 11.5 Å². The van der Waals surface area contributed by atoms with Crippen LogP contribution in [0.15, 0.2) is 53.1 Å². The third-order valence-corrected chi connectivity index (χ3v) is 5.53. The average molecular weight is 437 g/mol. The highest BCUT2D eigenvalue weighted by Crippen LogP contribution is 2.29. The highest BCUT2D eigenvalue weighted by molar-refractivity contribution is 5.74. The van der Waals surface area contributed by atoms with Crippen LogP contribution in [0.2, 0.25) is 0 Å². The van der Waals surface area contributed by atoms with E-state index < -0.39 is 0 Å². The van der Waals surface area contributed by atoms with Gasteiger partial charge in [-0.25, -0.2) is 4.79 Å². The Morgan fingerprint density at radius 1 is 1.12 bits per heavy atom. The molecule has 1 saturated heterocycles. The summed E-state index contributed by atoms with van der Waals surface area (Å²) >= 11 is 0. The van der Waals surface area contributed by atoms with E-state index in [0.717, 1.165) is 36.3 Å². The fraction of sp³-hybridized carbons (Fsp3) is 0.375. The zero-order valence-corrected chi connectivity index (χ0v) is 18.4. The summed E-state index contributed by atoms with van der Waals surface area (Å²) in [5.41, 5.74) is 2.17. The summed E-state index contributed by atoms with van der Waals surface area (Å²) in [4.78, 5) is 19.2. The van der Waals surface area contributed by atoms with Gasteiger partial charge in [-0.1, -0.05) is 35.0 Å². The molecular formula is C24H28N4O4. The number of benzene rings is 2. The van der Waals surface area contributed by atoms with Crippen molar-refractivity contribution in [3.63, 3.8) is 0 Å². The summed E-state index contributed by atoms with van der Waals surface area (Å²) in [5, 5.41) is 7.13. The van der Waals surface area contributed by atoms with Gasteiger partial charge in [-0.3, -0.25) is 0 Å². The van der Waals surface area contributed by atoms with Gasteiger partial charge >= 0.3 is 6.03 Å². The molecule has 1 aliphatic rings. The summed E-state index contributed by atoms with van der Waals surface area (Å²) in [6.07, 6.45) is 2.76. The number of nitrogens with zero attached hydrogens (tertiary/aromatic N) is 3. The van der Waals surface area contributed by atoms with Gasteiger partial charge in [0.1, 0.15) is 11.5 Å². The SMILES string of the molecule is COc1ccc(CNC(=O)N2CCCCC2c2noc(COc3ccc(C)cc3)n2)cc1. The molecule has 0 spiro atoms. The van der Waals surface area contributed by atoms with E-state index in [-0.39, 0.29) is 18.7 Å². The Bertz CT molecular complexity index is 1020. The molecule has 8 heteroatoms. The van der Waals surface area contributed by atoms with Crippen LogP contribution >= 0.6 is 0 Å². The lowest BCUT2D eigenvalue weighted by molar-refractivity contribution is 0.145. The Kier molecular flexibility index (Phi) is 6.89. The quantitative estimate of drug-likeness (QED) is 0.590. The molecule has 32 heavy (non-hydrogen) atoms. The number of ether oxygens (including phenoxy) is 2. The van der Waals surface area contributed by atoms with E-state index in [0.29, 0.717) is 24.8 Å². The molecule has 1 aromatic heterocycles. The molecular weight excluding hydrogens is 408 g/mol. The highest BCUT2D eigenvalue weighted by Gasteiger charge is 2.31. The van der Waals surface area contributed by atoms with Crippen molar-refractivity contribution in [1.29, 1.82) is 0 Å². The number of likely N-dealkylation sites (tertiary alicyclic amines) is 1. The molecule has 1 aliphatic heterocycles. The molecule has 3 aromatic rings. The van der Waals surface area contributed by atoms with E-state index in [1.807, 2.05) is 55.5 Å². The Balaban J connectivity index is 1.36. The van der Waals surface area contributed by atoms with Crippen LogP contribution in [0.1, 0.15) is 48.1 Å². The Morgan fingerprint density at radius 3 is 2.62 bits per heavy atom. The number of hydrogen-bond acceptors (Lipinski definition) is 6. The van der Waals surface area contributed by atoms with E-state index in [1.54, 1.807) is 12.0 Å². The fourth-order valence-corrected chi connectivity index (χ4v) is 3.71. The molecule has 0 bridgehead atoms. The predicted molar refractivity (Wildman–Crippen MR) is 118 cm³/mol. The second kappa shape index (κ2) is 10.2. The molecule has 8 nitrogen and oxygen atoms in total. The second-order valence-electron chi connectivity index (χ2n) is 7.86. The third kappa shape index (κ3) is 5.38. The number of methoxy groups -OCH3 is 1. The maximum Gasteiger partial charge on any atom is 0.318 e.